The van der Waals surface area contributed by atoms with Gasteiger partial charge in [0.15, 0.2) is 0 Å². The van der Waals surface area contributed by atoms with E-state index in [1.165, 1.54) is 11.4 Å². The first-order chi connectivity index (χ1) is 19.6. The average molecular weight is 580 g/mol. The third-order valence-electron chi connectivity index (χ3n) is 9.71. The van der Waals surface area contributed by atoms with Crippen molar-refractivity contribution >= 4 is 32.6 Å². The lowest BCUT2D eigenvalue weighted by Gasteiger charge is -2.37. The lowest BCUT2D eigenvalue weighted by molar-refractivity contribution is -0.132. The maximum atomic E-state index is 14.0. The first-order valence-corrected chi connectivity index (χ1v) is 16.0. The Hall–Kier alpha value is -3.01. The number of aromatic nitrogens is 1. The first kappa shape index (κ1) is 29.5. The number of rotatable bonds is 13. The number of ether oxygens (including phenoxy) is 1. The quantitative estimate of drug-likeness (QED) is 0.323. The smallest absolute Gasteiger partial charge is 0.238 e. The van der Waals surface area contributed by atoms with Gasteiger partial charge in [0.25, 0.3) is 0 Å². The van der Waals surface area contributed by atoms with Crippen LogP contribution in [0.1, 0.15) is 44.2 Å². The zero-order chi connectivity index (χ0) is 29.3. The van der Waals surface area contributed by atoms with Crippen molar-refractivity contribution in [2.24, 2.45) is 16.7 Å². The first-order valence-electron chi connectivity index (χ1n) is 14.4. The van der Waals surface area contributed by atoms with Gasteiger partial charge in [-0.3, -0.25) is 9.59 Å². The number of benzene rings is 2. The molecule has 1 aromatic heterocycles. The van der Waals surface area contributed by atoms with E-state index in [9.17, 15) is 18.0 Å². The largest absolute Gasteiger partial charge is 0.383 e. The number of methoxy groups -OCH3 is 1. The highest BCUT2D eigenvalue weighted by molar-refractivity contribution is 7.89. The molecule has 1 amide bonds. The maximum Gasteiger partial charge on any atom is 0.238 e. The zero-order valence-corrected chi connectivity index (χ0v) is 25.1. The second-order valence-corrected chi connectivity index (χ2v) is 14.1. The van der Waals surface area contributed by atoms with Gasteiger partial charge in [-0.25, -0.2) is 8.42 Å². The number of ketones is 1. The van der Waals surface area contributed by atoms with Crippen LogP contribution in [0.3, 0.4) is 0 Å². The highest BCUT2D eigenvalue weighted by Crippen LogP contribution is 2.64. The van der Waals surface area contributed by atoms with Crippen molar-refractivity contribution in [1.82, 2.24) is 14.2 Å². The van der Waals surface area contributed by atoms with E-state index >= 15 is 0 Å². The van der Waals surface area contributed by atoms with Gasteiger partial charge in [-0.2, -0.15) is 4.31 Å². The zero-order valence-electron chi connectivity index (χ0n) is 24.3. The number of carbonyl (C=O) groups is 2. The summed E-state index contributed by atoms with van der Waals surface area (Å²) < 4.78 is 34.4. The van der Waals surface area contributed by atoms with E-state index < -0.39 is 15.4 Å². The van der Waals surface area contributed by atoms with Gasteiger partial charge >= 0.3 is 0 Å². The number of nitrogens with one attached hydrogen (secondary N) is 1. The molecule has 2 atom stereocenters. The molecule has 0 aliphatic heterocycles. The number of nitrogens with zero attached hydrogens (tertiary/aromatic N) is 2. The van der Waals surface area contributed by atoms with Crippen LogP contribution in [0.4, 0.5) is 0 Å². The molecule has 41 heavy (non-hydrogen) atoms. The number of amides is 1. The minimum absolute atomic E-state index is 0.0461. The van der Waals surface area contributed by atoms with Crippen LogP contribution in [0.5, 0.6) is 0 Å². The monoisotopic (exact) mass is 579 g/mol. The number of aromatic amines is 1. The molecule has 0 radical (unpaired) electrons. The summed E-state index contributed by atoms with van der Waals surface area (Å²) >= 11 is 0. The summed E-state index contributed by atoms with van der Waals surface area (Å²) in [5, 5.41) is 1.11. The van der Waals surface area contributed by atoms with Crippen LogP contribution in [0.25, 0.3) is 10.9 Å². The summed E-state index contributed by atoms with van der Waals surface area (Å²) in [5.74, 6) is -0.269. The summed E-state index contributed by atoms with van der Waals surface area (Å²) in [6.45, 7) is 4.79. The van der Waals surface area contributed by atoms with Crippen LogP contribution in [-0.2, 0) is 37.3 Å². The fourth-order valence-corrected chi connectivity index (χ4v) is 9.10. The molecule has 2 bridgehead atoms. The molecule has 2 unspecified atom stereocenters. The van der Waals surface area contributed by atoms with E-state index in [1.807, 2.05) is 68.6 Å². The third-order valence-corrected chi connectivity index (χ3v) is 11.7. The summed E-state index contributed by atoms with van der Waals surface area (Å²) in [7, 11) is -2.42. The minimum Gasteiger partial charge on any atom is -0.383 e. The number of Topliss-reactive ketones (excluding diaryl/α,β-unsaturated/α-hetero) is 1. The Labute approximate surface area is 243 Å². The molecule has 2 fully saturated rings. The molecule has 3 aromatic rings. The van der Waals surface area contributed by atoms with E-state index in [2.05, 4.69) is 11.1 Å². The van der Waals surface area contributed by atoms with Crippen molar-refractivity contribution in [3.8, 4) is 0 Å². The molecular weight excluding hydrogens is 538 g/mol. The van der Waals surface area contributed by atoms with Crippen LogP contribution >= 0.6 is 0 Å². The average Bonchev–Trinajstić information content (AvgIpc) is 3.53. The van der Waals surface area contributed by atoms with Crippen LogP contribution in [-0.4, -0.2) is 73.4 Å². The minimum atomic E-state index is -3.93. The Morgan fingerprint density at radius 3 is 2.49 bits per heavy atom. The van der Waals surface area contributed by atoms with E-state index in [1.54, 1.807) is 4.90 Å². The molecule has 0 spiro atoms. The van der Waals surface area contributed by atoms with Crippen molar-refractivity contribution in [3.63, 3.8) is 0 Å². The van der Waals surface area contributed by atoms with E-state index in [-0.39, 0.29) is 48.5 Å². The van der Waals surface area contributed by atoms with Crippen LogP contribution < -0.4 is 0 Å². The Kier molecular flexibility index (Phi) is 8.41. The molecule has 5 rings (SSSR count). The summed E-state index contributed by atoms with van der Waals surface area (Å²) in [4.78, 5) is 32.0. The fraction of sp³-hybridized carbons (Fsp3) is 0.500. The van der Waals surface area contributed by atoms with Gasteiger partial charge in [-0.15, -0.1) is 0 Å². The Morgan fingerprint density at radius 2 is 1.80 bits per heavy atom. The Morgan fingerprint density at radius 1 is 1.07 bits per heavy atom. The summed E-state index contributed by atoms with van der Waals surface area (Å²) in [5.41, 5.74) is 1.84. The molecule has 2 aliphatic carbocycles. The van der Waals surface area contributed by atoms with Gasteiger partial charge < -0.3 is 14.6 Å². The molecule has 2 saturated carbocycles. The van der Waals surface area contributed by atoms with Crippen LogP contribution in [0.2, 0.25) is 0 Å². The Balaban J connectivity index is 1.37. The second kappa shape index (κ2) is 11.7. The molecule has 8 nitrogen and oxygen atoms in total. The number of H-pyrrole nitrogens is 1. The predicted molar refractivity (Wildman–Crippen MR) is 160 cm³/mol. The molecule has 1 N–H and O–H groups in total. The second-order valence-electron chi connectivity index (χ2n) is 12.2. The lowest BCUT2D eigenvalue weighted by Crippen LogP contribution is -2.50. The van der Waals surface area contributed by atoms with Crippen LogP contribution in [0.15, 0.2) is 60.8 Å². The molecular formula is C32H41N3O5S. The topological polar surface area (TPSA) is 99.8 Å². The van der Waals surface area contributed by atoms with Crippen molar-refractivity contribution in [2.45, 2.75) is 46.1 Å². The Bertz CT molecular complexity index is 1500. The van der Waals surface area contributed by atoms with Gasteiger partial charge in [0.1, 0.15) is 5.78 Å². The number of hydrogen-bond acceptors (Lipinski definition) is 5. The normalized spacial score (nSPS) is 21.7. The number of para-hydroxylation sites is 1. The number of hydrogen-bond donors (Lipinski definition) is 1. The fourth-order valence-electron chi connectivity index (χ4n) is 6.96. The highest BCUT2D eigenvalue weighted by atomic mass is 32.2. The van der Waals surface area contributed by atoms with Crippen molar-refractivity contribution in [2.75, 3.05) is 39.1 Å². The molecule has 1 heterocycles. The third kappa shape index (κ3) is 5.72. The van der Waals surface area contributed by atoms with Gasteiger partial charge in [-0.05, 0) is 47.8 Å². The molecule has 220 valence electrons. The van der Waals surface area contributed by atoms with Gasteiger partial charge in [0, 0.05) is 55.7 Å². The standard InChI is InChI=1S/C32H41N3O5S/c1-31(2)26-13-15-32(31,29(36)19-26)23-41(38,39)35(17-18-40-3)22-30(37)34(21-24-9-5-4-6-10-24)16-14-25-20-33-28-12-8-7-11-27(25)28/h4-12,20,26,33H,13-19,21-23H2,1-3H3. The van der Waals surface area contributed by atoms with E-state index in [0.29, 0.717) is 32.4 Å². The van der Waals surface area contributed by atoms with E-state index in [0.717, 1.165) is 28.5 Å². The predicted octanol–water partition coefficient (Wildman–Crippen LogP) is 4.41. The molecule has 0 saturated heterocycles. The maximum absolute atomic E-state index is 14.0. The number of fused-ring (bicyclic) bond motifs is 3. The van der Waals surface area contributed by atoms with Crippen LogP contribution in [0, 0.1) is 16.7 Å². The van der Waals surface area contributed by atoms with E-state index in [4.69, 9.17) is 4.74 Å². The molecule has 2 aromatic carbocycles. The molecule has 9 heteroatoms. The molecule has 2 aliphatic rings. The van der Waals surface area contributed by atoms with Gasteiger partial charge in [0.2, 0.25) is 15.9 Å². The number of carbonyl (C=O) groups excluding carboxylic acids is 2. The summed E-state index contributed by atoms with van der Waals surface area (Å²) in [6, 6.07) is 17.8. The SMILES string of the molecule is COCCN(CC(=O)N(CCc1c[nH]c2ccccc12)Cc1ccccc1)S(=O)(=O)CC12CCC(CC1=O)C2(C)C. The lowest BCUT2D eigenvalue weighted by atomic mass is 9.70. The van der Waals surface area contributed by atoms with Crippen molar-refractivity contribution in [3.05, 3.63) is 71.9 Å². The van der Waals surface area contributed by atoms with Crippen molar-refractivity contribution in [1.29, 1.82) is 0 Å². The number of sulfonamides is 1. The summed E-state index contributed by atoms with van der Waals surface area (Å²) in [6.07, 6.45) is 4.49. The van der Waals surface area contributed by atoms with Gasteiger partial charge in [-0.1, -0.05) is 62.4 Å². The van der Waals surface area contributed by atoms with Gasteiger partial charge in [0.05, 0.1) is 18.9 Å². The van der Waals surface area contributed by atoms with Crippen molar-refractivity contribution < 1.29 is 22.7 Å². The highest BCUT2D eigenvalue weighted by Gasteiger charge is 2.65.